The molecule has 23 heavy (non-hydrogen) atoms. The molecule has 4 heteroatoms. The zero-order chi connectivity index (χ0) is 17.0. The van der Waals surface area contributed by atoms with E-state index in [2.05, 4.69) is 39.6 Å². The summed E-state index contributed by atoms with van der Waals surface area (Å²) in [6.07, 6.45) is 3.76. The number of aryl methyl sites for hydroxylation is 1. The smallest absolute Gasteiger partial charge is 0.272 e. The number of amides is 1. The van der Waals surface area contributed by atoms with E-state index in [0.717, 1.165) is 43.0 Å². The van der Waals surface area contributed by atoms with Crippen molar-refractivity contribution in [3.8, 4) is 0 Å². The summed E-state index contributed by atoms with van der Waals surface area (Å²) in [5, 5.41) is 0. The first-order chi connectivity index (χ1) is 10.9. The molecule has 0 N–H and O–H groups in total. The van der Waals surface area contributed by atoms with Crippen molar-refractivity contribution in [3.05, 3.63) is 35.8 Å². The highest BCUT2D eigenvalue weighted by Gasteiger charge is 2.24. The SMILES string of the molecule is CCCc1nc2ccccn2c1C(=O)N(CC(C)C)CC(C)C. The van der Waals surface area contributed by atoms with Gasteiger partial charge in [-0.15, -0.1) is 0 Å². The zero-order valence-corrected chi connectivity index (χ0v) is 15.0. The van der Waals surface area contributed by atoms with Gasteiger partial charge < -0.3 is 4.90 Å². The fourth-order valence-corrected chi connectivity index (χ4v) is 2.95. The van der Waals surface area contributed by atoms with Crippen LogP contribution < -0.4 is 0 Å². The molecule has 0 aliphatic heterocycles. The fourth-order valence-electron chi connectivity index (χ4n) is 2.95. The van der Waals surface area contributed by atoms with Gasteiger partial charge in [0.25, 0.3) is 5.91 Å². The lowest BCUT2D eigenvalue weighted by molar-refractivity contribution is 0.0707. The fraction of sp³-hybridized carbons (Fsp3) is 0.579. The van der Waals surface area contributed by atoms with Crippen molar-refractivity contribution >= 4 is 11.6 Å². The third kappa shape index (κ3) is 4.12. The maximum Gasteiger partial charge on any atom is 0.272 e. The minimum Gasteiger partial charge on any atom is -0.337 e. The Balaban J connectivity index is 2.46. The van der Waals surface area contributed by atoms with E-state index in [9.17, 15) is 4.79 Å². The molecule has 126 valence electrons. The predicted molar refractivity (Wildman–Crippen MR) is 94.8 cm³/mol. The quantitative estimate of drug-likeness (QED) is 0.773. The standard InChI is InChI=1S/C19H29N3O/c1-6-9-16-18(22-11-8-7-10-17(22)20-16)19(23)21(12-14(2)3)13-15(4)5/h7-8,10-11,14-15H,6,9,12-13H2,1-5H3. The zero-order valence-electron chi connectivity index (χ0n) is 15.0. The average molecular weight is 315 g/mol. The Morgan fingerprint density at radius 2 is 1.83 bits per heavy atom. The maximum absolute atomic E-state index is 13.3. The predicted octanol–water partition coefficient (Wildman–Crippen LogP) is 4.04. The van der Waals surface area contributed by atoms with Crippen molar-refractivity contribution in [1.82, 2.24) is 14.3 Å². The van der Waals surface area contributed by atoms with E-state index >= 15 is 0 Å². The third-order valence-electron chi connectivity index (χ3n) is 3.75. The minimum atomic E-state index is 0.106. The number of carbonyl (C=O) groups is 1. The second-order valence-corrected chi connectivity index (χ2v) is 7.08. The van der Waals surface area contributed by atoms with Gasteiger partial charge in [-0.25, -0.2) is 4.98 Å². The first kappa shape index (κ1) is 17.5. The minimum absolute atomic E-state index is 0.106. The Morgan fingerprint density at radius 3 is 2.39 bits per heavy atom. The summed E-state index contributed by atoms with van der Waals surface area (Å²) >= 11 is 0. The molecule has 0 fully saturated rings. The van der Waals surface area contributed by atoms with Gasteiger partial charge in [0.15, 0.2) is 0 Å². The van der Waals surface area contributed by atoms with Gasteiger partial charge >= 0.3 is 0 Å². The molecular weight excluding hydrogens is 286 g/mol. The second kappa shape index (κ2) is 7.62. The molecule has 0 spiro atoms. The van der Waals surface area contributed by atoms with Crippen LogP contribution in [-0.4, -0.2) is 33.3 Å². The van der Waals surface area contributed by atoms with Crippen LogP contribution in [0.5, 0.6) is 0 Å². The van der Waals surface area contributed by atoms with E-state index < -0.39 is 0 Å². The van der Waals surface area contributed by atoms with E-state index in [-0.39, 0.29) is 5.91 Å². The largest absolute Gasteiger partial charge is 0.337 e. The van der Waals surface area contributed by atoms with Gasteiger partial charge in [0.05, 0.1) is 5.69 Å². The normalized spacial score (nSPS) is 11.6. The van der Waals surface area contributed by atoms with Crippen molar-refractivity contribution in [2.75, 3.05) is 13.1 Å². The molecule has 2 aromatic heterocycles. The van der Waals surface area contributed by atoms with Crippen LogP contribution >= 0.6 is 0 Å². The lowest BCUT2D eigenvalue weighted by Crippen LogP contribution is -2.38. The van der Waals surface area contributed by atoms with E-state index in [0.29, 0.717) is 11.8 Å². The molecule has 2 aromatic rings. The summed E-state index contributed by atoms with van der Waals surface area (Å²) in [7, 11) is 0. The molecule has 0 aliphatic carbocycles. The molecule has 4 nitrogen and oxygen atoms in total. The van der Waals surface area contributed by atoms with Crippen molar-refractivity contribution in [3.63, 3.8) is 0 Å². The molecule has 0 atom stereocenters. The highest BCUT2D eigenvalue weighted by atomic mass is 16.2. The summed E-state index contributed by atoms with van der Waals surface area (Å²) < 4.78 is 1.95. The highest BCUT2D eigenvalue weighted by Crippen LogP contribution is 2.18. The van der Waals surface area contributed by atoms with Gasteiger partial charge in [-0.3, -0.25) is 9.20 Å². The van der Waals surface area contributed by atoms with Crippen LogP contribution in [0.3, 0.4) is 0 Å². The number of hydrogen-bond donors (Lipinski definition) is 0. The first-order valence-electron chi connectivity index (χ1n) is 8.69. The van der Waals surface area contributed by atoms with Crippen molar-refractivity contribution < 1.29 is 4.79 Å². The molecule has 0 saturated carbocycles. The molecule has 2 rings (SSSR count). The second-order valence-electron chi connectivity index (χ2n) is 7.08. The van der Waals surface area contributed by atoms with Crippen molar-refractivity contribution in [2.45, 2.75) is 47.5 Å². The van der Waals surface area contributed by atoms with E-state index in [4.69, 9.17) is 0 Å². The monoisotopic (exact) mass is 315 g/mol. The van der Waals surface area contributed by atoms with Crippen LogP contribution in [0.15, 0.2) is 24.4 Å². The molecule has 0 aromatic carbocycles. The van der Waals surface area contributed by atoms with Crippen LogP contribution in [0.2, 0.25) is 0 Å². The lowest BCUT2D eigenvalue weighted by atomic mass is 10.1. The summed E-state index contributed by atoms with van der Waals surface area (Å²) in [6, 6.07) is 5.88. The summed E-state index contributed by atoms with van der Waals surface area (Å²) in [5.74, 6) is 1.01. The summed E-state index contributed by atoms with van der Waals surface area (Å²) in [6.45, 7) is 12.3. The Morgan fingerprint density at radius 1 is 1.17 bits per heavy atom. The van der Waals surface area contributed by atoms with Crippen LogP contribution in [-0.2, 0) is 6.42 Å². The Bertz CT molecular complexity index is 648. The molecular formula is C19H29N3O. The molecule has 0 radical (unpaired) electrons. The molecule has 0 unspecified atom stereocenters. The van der Waals surface area contributed by atoms with Crippen molar-refractivity contribution in [2.24, 2.45) is 11.8 Å². The highest BCUT2D eigenvalue weighted by molar-refractivity contribution is 5.94. The number of fused-ring (bicyclic) bond motifs is 1. The number of nitrogens with zero attached hydrogens (tertiary/aromatic N) is 3. The number of carbonyl (C=O) groups excluding carboxylic acids is 1. The number of pyridine rings is 1. The first-order valence-corrected chi connectivity index (χ1v) is 8.69. The number of aromatic nitrogens is 2. The van der Waals surface area contributed by atoms with Crippen LogP contribution in [0.4, 0.5) is 0 Å². The van der Waals surface area contributed by atoms with Gasteiger partial charge in [0.1, 0.15) is 11.3 Å². The number of hydrogen-bond acceptors (Lipinski definition) is 2. The number of imidazole rings is 1. The van der Waals surface area contributed by atoms with E-state index in [1.165, 1.54) is 0 Å². The number of rotatable bonds is 7. The van der Waals surface area contributed by atoms with Gasteiger partial charge in [0, 0.05) is 19.3 Å². The molecule has 0 aliphatic rings. The van der Waals surface area contributed by atoms with Gasteiger partial charge in [-0.05, 0) is 30.4 Å². The Hall–Kier alpha value is -1.84. The molecule has 0 saturated heterocycles. The lowest BCUT2D eigenvalue weighted by Gasteiger charge is -2.26. The van der Waals surface area contributed by atoms with E-state index in [1.54, 1.807) is 0 Å². The van der Waals surface area contributed by atoms with E-state index in [1.807, 2.05) is 33.7 Å². The Kier molecular flexibility index (Phi) is 5.80. The third-order valence-corrected chi connectivity index (χ3v) is 3.75. The van der Waals surface area contributed by atoms with Gasteiger partial charge in [0.2, 0.25) is 0 Å². The van der Waals surface area contributed by atoms with Gasteiger partial charge in [-0.2, -0.15) is 0 Å². The van der Waals surface area contributed by atoms with Gasteiger partial charge in [-0.1, -0.05) is 47.1 Å². The van der Waals surface area contributed by atoms with Crippen LogP contribution in [0, 0.1) is 11.8 Å². The Labute approximate surface area is 139 Å². The van der Waals surface area contributed by atoms with Crippen LogP contribution in [0.25, 0.3) is 5.65 Å². The summed E-state index contributed by atoms with van der Waals surface area (Å²) in [5.41, 5.74) is 2.51. The average Bonchev–Trinajstić information content (AvgIpc) is 2.83. The topological polar surface area (TPSA) is 37.6 Å². The molecule has 0 bridgehead atoms. The maximum atomic E-state index is 13.3. The molecule has 2 heterocycles. The molecule has 1 amide bonds. The van der Waals surface area contributed by atoms with Crippen molar-refractivity contribution in [1.29, 1.82) is 0 Å². The van der Waals surface area contributed by atoms with Crippen LogP contribution in [0.1, 0.15) is 57.2 Å². The summed E-state index contributed by atoms with van der Waals surface area (Å²) in [4.78, 5) is 19.9.